The number of amides is 1. The summed E-state index contributed by atoms with van der Waals surface area (Å²) < 4.78 is 13.2. The van der Waals surface area contributed by atoms with Gasteiger partial charge in [0, 0.05) is 31.8 Å². The Balaban J connectivity index is 1.50. The van der Waals surface area contributed by atoms with Crippen molar-refractivity contribution in [3.8, 4) is 5.75 Å². The summed E-state index contributed by atoms with van der Waals surface area (Å²) in [6.07, 6.45) is 0.885. The minimum Gasteiger partial charge on any atom is -0.497 e. The van der Waals surface area contributed by atoms with Crippen LogP contribution in [0.3, 0.4) is 0 Å². The molecule has 5 rings (SSSR count). The average molecular weight is 400 g/mol. The number of benzene rings is 2. The zero-order valence-electron chi connectivity index (χ0n) is 17.2. The van der Waals surface area contributed by atoms with Gasteiger partial charge in [-0.1, -0.05) is 36.4 Å². The first-order valence-electron chi connectivity index (χ1n) is 10.2. The molecule has 2 aromatic heterocycles. The van der Waals surface area contributed by atoms with Crippen LogP contribution >= 0.6 is 0 Å². The maximum absolute atomic E-state index is 13.5. The van der Waals surface area contributed by atoms with Gasteiger partial charge in [-0.05, 0) is 42.2 Å². The first kappa shape index (κ1) is 18.6. The third-order valence-corrected chi connectivity index (χ3v) is 5.85. The molecule has 0 aliphatic carbocycles. The van der Waals surface area contributed by atoms with Crippen molar-refractivity contribution in [1.82, 2.24) is 9.47 Å². The van der Waals surface area contributed by atoms with Crippen LogP contribution in [0.15, 0.2) is 65.1 Å². The van der Waals surface area contributed by atoms with Crippen LogP contribution in [-0.2, 0) is 19.5 Å². The highest BCUT2D eigenvalue weighted by atomic mass is 16.5. The Kier molecular flexibility index (Phi) is 4.58. The highest BCUT2D eigenvalue weighted by Crippen LogP contribution is 2.28. The van der Waals surface area contributed by atoms with Crippen molar-refractivity contribution in [2.24, 2.45) is 0 Å². The smallest absolute Gasteiger partial charge is 0.270 e. The molecule has 0 unspecified atom stereocenters. The largest absolute Gasteiger partial charge is 0.497 e. The summed E-state index contributed by atoms with van der Waals surface area (Å²) in [7, 11) is 1.66. The topological polar surface area (TPSA) is 47.6 Å². The van der Waals surface area contributed by atoms with Crippen molar-refractivity contribution in [3.63, 3.8) is 0 Å². The van der Waals surface area contributed by atoms with Crippen LogP contribution in [0.4, 0.5) is 0 Å². The van der Waals surface area contributed by atoms with E-state index < -0.39 is 0 Å². The Morgan fingerprint density at radius 3 is 2.60 bits per heavy atom. The third-order valence-electron chi connectivity index (χ3n) is 5.85. The number of fused-ring (bicyclic) bond motifs is 2. The number of carbonyl (C=O) groups excluding carboxylic acids is 1. The standard InChI is InChI=1S/C25H24N2O3/c1-17-13-22-24(30-17)14-23(27(22)15-18-7-9-21(29-2)10-8-18)25(28)26-12-11-19-5-3-4-6-20(19)16-26/h3-10,13-14H,11-12,15-16H2,1-2H3. The summed E-state index contributed by atoms with van der Waals surface area (Å²) in [5, 5.41) is 0. The van der Waals surface area contributed by atoms with Gasteiger partial charge < -0.3 is 18.6 Å². The molecule has 1 aliphatic heterocycles. The molecule has 0 radical (unpaired) electrons. The van der Waals surface area contributed by atoms with Crippen molar-refractivity contribution in [2.75, 3.05) is 13.7 Å². The molecule has 0 bridgehead atoms. The second kappa shape index (κ2) is 7.41. The third kappa shape index (κ3) is 3.26. The number of hydrogen-bond acceptors (Lipinski definition) is 3. The van der Waals surface area contributed by atoms with Crippen molar-refractivity contribution in [1.29, 1.82) is 0 Å². The van der Waals surface area contributed by atoms with Gasteiger partial charge in [-0.25, -0.2) is 0 Å². The van der Waals surface area contributed by atoms with Gasteiger partial charge in [0.15, 0.2) is 5.58 Å². The summed E-state index contributed by atoms with van der Waals surface area (Å²) in [4.78, 5) is 15.5. The maximum atomic E-state index is 13.5. The van der Waals surface area contributed by atoms with E-state index in [9.17, 15) is 4.79 Å². The number of aryl methyl sites for hydroxylation is 1. The molecule has 3 heterocycles. The first-order chi connectivity index (χ1) is 14.6. The van der Waals surface area contributed by atoms with Gasteiger partial charge in [0.2, 0.25) is 0 Å². The molecule has 5 heteroatoms. The van der Waals surface area contributed by atoms with Gasteiger partial charge in [-0.2, -0.15) is 0 Å². The normalized spacial score (nSPS) is 13.5. The zero-order chi connectivity index (χ0) is 20.7. The Bertz CT molecular complexity index is 1220. The number of ether oxygens (including phenoxy) is 1. The molecule has 0 N–H and O–H groups in total. The number of nitrogens with zero attached hydrogens (tertiary/aromatic N) is 2. The summed E-state index contributed by atoms with van der Waals surface area (Å²) in [6.45, 7) is 3.89. The highest BCUT2D eigenvalue weighted by Gasteiger charge is 2.26. The van der Waals surface area contributed by atoms with Gasteiger partial charge in [-0.15, -0.1) is 0 Å². The van der Waals surface area contributed by atoms with E-state index in [-0.39, 0.29) is 5.91 Å². The second-order valence-electron chi connectivity index (χ2n) is 7.82. The lowest BCUT2D eigenvalue weighted by molar-refractivity contribution is 0.0724. The molecule has 5 nitrogen and oxygen atoms in total. The Labute approximate surface area is 175 Å². The van der Waals surface area contributed by atoms with Crippen LogP contribution in [0.2, 0.25) is 0 Å². The summed E-state index contributed by atoms with van der Waals surface area (Å²) in [6, 6.07) is 20.2. The molecule has 0 saturated heterocycles. The molecule has 152 valence electrons. The van der Waals surface area contributed by atoms with Gasteiger partial charge in [-0.3, -0.25) is 4.79 Å². The molecule has 0 fully saturated rings. The predicted octanol–water partition coefficient (Wildman–Crippen LogP) is 4.80. The lowest BCUT2D eigenvalue weighted by Gasteiger charge is -2.29. The number of methoxy groups -OCH3 is 1. The summed E-state index contributed by atoms with van der Waals surface area (Å²) >= 11 is 0. The summed E-state index contributed by atoms with van der Waals surface area (Å²) in [5.74, 6) is 1.70. The number of rotatable bonds is 4. The number of aromatic nitrogens is 1. The zero-order valence-corrected chi connectivity index (χ0v) is 17.2. The van der Waals surface area contributed by atoms with Gasteiger partial charge in [0.25, 0.3) is 5.91 Å². The second-order valence-corrected chi connectivity index (χ2v) is 7.82. The molecule has 0 saturated carbocycles. The Morgan fingerprint density at radius 2 is 1.83 bits per heavy atom. The van der Waals surface area contributed by atoms with Gasteiger partial charge in [0.1, 0.15) is 17.2 Å². The molecular formula is C25H24N2O3. The van der Waals surface area contributed by atoms with Crippen LogP contribution in [-0.4, -0.2) is 29.0 Å². The van der Waals surface area contributed by atoms with E-state index in [0.29, 0.717) is 18.8 Å². The molecule has 0 atom stereocenters. The van der Waals surface area contributed by atoms with Crippen molar-refractivity contribution < 1.29 is 13.9 Å². The molecule has 0 spiro atoms. The van der Waals surface area contributed by atoms with E-state index in [1.807, 2.05) is 54.3 Å². The van der Waals surface area contributed by atoms with E-state index in [1.54, 1.807) is 7.11 Å². The summed E-state index contributed by atoms with van der Waals surface area (Å²) in [5.41, 5.74) is 6.03. The predicted molar refractivity (Wildman–Crippen MR) is 116 cm³/mol. The van der Waals surface area contributed by atoms with Crippen LogP contribution in [0, 0.1) is 6.92 Å². The van der Waals surface area contributed by atoms with Gasteiger partial charge in [0.05, 0.1) is 12.6 Å². The Hall–Kier alpha value is -3.47. The Morgan fingerprint density at radius 1 is 1.07 bits per heavy atom. The number of carbonyl (C=O) groups is 1. The fraction of sp³-hybridized carbons (Fsp3) is 0.240. The quantitative estimate of drug-likeness (QED) is 0.494. The minimum absolute atomic E-state index is 0.0436. The average Bonchev–Trinajstić information content (AvgIpc) is 3.30. The van der Waals surface area contributed by atoms with Crippen LogP contribution in [0.1, 0.15) is 32.9 Å². The van der Waals surface area contributed by atoms with Crippen LogP contribution in [0.5, 0.6) is 5.75 Å². The molecule has 30 heavy (non-hydrogen) atoms. The van der Waals surface area contributed by atoms with E-state index >= 15 is 0 Å². The fourth-order valence-corrected chi connectivity index (χ4v) is 4.26. The van der Waals surface area contributed by atoms with E-state index in [1.165, 1.54) is 11.1 Å². The first-order valence-corrected chi connectivity index (χ1v) is 10.2. The monoisotopic (exact) mass is 400 g/mol. The van der Waals surface area contributed by atoms with Crippen LogP contribution < -0.4 is 4.74 Å². The number of furan rings is 1. The molecule has 2 aromatic carbocycles. The van der Waals surface area contributed by atoms with Crippen molar-refractivity contribution in [3.05, 3.63) is 88.8 Å². The molecule has 1 aliphatic rings. The van der Waals surface area contributed by atoms with Crippen molar-refractivity contribution >= 4 is 17.0 Å². The van der Waals surface area contributed by atoms with E-state index in [4.69, 9.17) is 9.15 Å². The lowest BCUT2D eigenvalue weighted by atomic mass is 10.00. The number of hydrogen-bond donors (Lipinski definition) is 0. The maximum Gasteiger partial charge on any atom is 0.270 e. The lowest BCUT2D eigenvalue weighted by Crippen LogP contribution is -2.37. The highest BCUT2D eigenvalue weighted by molar-refractivity contribution is 5.97. The molecule has 1 amide bonds. The minimum atomic E-state index is 0.0436. The van der Waals surface area contributed by atoms with Crippen molar-refractivity contribution in [2.45, 2.75) is 26.4 Å². The van der Waals surface area contributed by atoms with E-state index in [2.05, 4.69) is 22.8 Å². The molecular weight excluding hydrogens is 376 g/mol. The SMILES string of the molecule is COc1ccc(Cn2c(C(=O)N3CCc4ccccc4C3)cc3oc(C)cc32)cc1. The molecule has 4 aromatic rings. The fourth-order valence-electron chi connectivity index (χ4n) is 4.26. The van der Waals surface area contributed by atoms with Gasteiger partial charge >= 0.3 is 0 Å². The van der Waals surface area contributed by atoms with Crippen LogP contribution in [0.25, 0.3) is 11.1 Å². The van der Waals surface area contributed by atoms with E-state index in [0.717, 1.165) is 41.1 Å².